The summed E-state index contributed by atoms with van der Waals surface area (Å²) in [6.07, 6.45) is 8.40. The maximum Gasteiger partial charge on any atom is 0.0128 e. The van der Waals surface area contributed by atoms with Gasteiger partial charge in [0.25, 0.3) is 0 Å². The number of rotatable bonds is 4. The molecule has 3 aliphatic heterocycles. The van der Waals surface area contributed by atoms with Crippen molar-refractivity contribution in [1.29, 1.82) is 0 Å². The van der Waals surface area contributed by atoms with Crippen molar-refractivity contribution in [2.24, 2.45) is 0 Å². The SMILES string of the molecule is CCN(C1CCN(C(C)C)CC1)C1CC2CCC(C1)N2. The van der Waals surface area contributed by atoms with Crippen LogP contribution in [0.5, 0.6) is 0 Å². The lowest BCUT2D eigenvalue weighted by Crippen LogP contribution is -2.54. The number of hydrogen-bond donors (Lipinski definition) is 1. The molecule has 0 aromatic heterocycles. The van der Waals surface area contributed by atoms with Gasteiger partial charge >= 0.3 is 0 Å². The highest BCUT2D eigenvalue weighted by molar-refractivity contribution is 4.97. The van der Waals surface area contributed by atoms with Gasteiger partial charge in [0.2, 0.25) is 0 Å². The number of piperidine rings is 2. The zero-order chi connectivity index (χ0) is 14.1. The summed E-state index contributed by atoms with van der Waals surface area (Å²) in [7, 11) is 0. The van der Waals surface area contributed by atoms with Gasteiger partial charge in [0.1, 0.15) is 0 Å². The summed E-state index contributed by atoms with van der Waals surface area (Å²) < 4.78 is 0. The summed E-state index contributed by atoms with van der Waals surface area (Å²) in [6, 6.07) is 4.07. The predicted molar refractivity (Wildman–Crippen MR) is 85.1 cm³/mol. The quantitative estimate of drug-likeness (QED) is 0.853. The van der Waals surface area contributed by atoms with Gasteiger partial charge in [-0.2, -0.15) is 0 Å². The van der Waals surface area contributed by atoms with Crippen LogP contribution < -0.4 is 5.32 Å². The third-order valence-electron chi connectivity index (χ3n) is 5.98. The lowest BCUT2D eigenvalue weighted by molar-refractivity contribution is 0.0483. The van der Waals surface area contributed by atoms with Gasteiger partial charge in [0.05, 0.1) is 0 Å². The van der Waals surface area contributed by atoms with Crippen LogP contribution in [0.1, 0.15) is 59.3 Å². The first kappa shape index (κ1) is 14.8. The van der Waals surface area contributed by atoms with Crippen LogP contribution in [0.25, 0.3) is 0 Å². The molecular formula is C17H33N3. The van der Waals surface area contributed by atoms with Gasteiger partial charge < -0.3 is 10.2 Å². The van der Waals surface area contributed by atoms with Crippen LogP contribution >= 0.6 is 0 Å². The monoisotopic (exact) mass is 279 g/mol. The highest BCUT2D eigenvalue weighted by Gasteiger charge is 2.38. The molecule has 3 aliphatic rings. The zero-order valence-electron chi connectivity index (χ0n) is 13.6. The normalized spacial score (nSPS) is 36.1. The molecule has 3 nitrogen and oxygen atoms in total. The molecular weight excluding hydrogens is 246 g/mol. The molecule has 1 N–H and O–H groups in total. The second-order valence-corrected chi connectivity index (χ2v) is 7.45. The molecule has 2 bridgehead atoms. The minimum Gasteiger partial charge on any atom is -0.311 e. The van der Waals surface area contributed by atoms with Gasteiger partial charge in [0, 0.05) is 30.2 Å². The molecule has 2 atom stereocenters. The van der Waals surface area contributed by atoms with E-state index in [9.17, 15) is 0 Å². The highest BCUT2D eigenvalue weighted by atomic mass is 15.2. The Bertz CT molecular complexity index is 297. The number of likely N-dealkylation sites (tertiary alicyclic amines) is 1. The van der Waals surface area contributed by atoms with E-state index in [4.69, 9.17) is 0 Å². The Balaban J connectivity index is 1.57. The second-order valence-electron chi connectivity index (χ2n) is 7.45. The van der Waals surface area contributed by atoms with Gasteiger partial charge in [-0.05, 0) is 72.0 Å². The third kappa shape index (κ3) is 3.05. The number of nitrogens with one attached hydrogen (secondary N) is 1. The minimum atomic E-state index is 0.723. The average Bonchev–Trinajstić information content (AvgIpc) is 2.79. The molecule has 0 aromatic carbocycles. The fraction of sp³-hybridized carbons (Fsp3) is 1.00. The van der Waals surface area contributed by atoms with Gasteiger partial charge in [-0.1, -0.05) is 6.92 Å². The number of fused-ring (bicyclic) bond motifs is 2. The maximum atomic E-state index is 3.79. The van der Waals surface area contributed by atoms with Crippen molar-refractivity contribution in [2.45, 2.75) is 89.5 Å². The maximum absolute atomic E-state index is 3.79. The van der Waals surface area contributed by atoms with Crippen LogP contribution in [-0.2, 0) is 0 Å². The number of hydrogen-bond acceptors (Lipinski definition) is 3. The largest absolute Gasteiger partial charge is 0.311 e. The highest BCUT2D eigenvalue weighted by Crippen LogP contribution is 2.32. The smallest absolute Gasteiger partial charge is 0.0128 e. The summed E-state index contributed by atoms with van der Waals surface area (Å²) in [5.41, 5.74) is 0. The molecule has 116 valence electrons. The van der Waals surface area contributed by atoms with Crippen molar-refractivity contribution >= 4 is 0 Å². The molecule has 3 rings (SSSR count). The lowest BCUT2D eigenvalue weighted by atomic mass is 9.93. The Morgan fingerprint density at radius 1 is 1.00 bits per heavy atom. The molecule has 0 saturated carbocycles. The van der Waals surface area contributed by atoms with Crippen molar-refractivity contribution in [3.05, 3.63) is 0 Å². The molecule has 3 fully saturated rings. The molecule has 0 spiro atoms. The van der Waals surface area contributed by atoms with Gasteiger partial charge in [0.15, 0.2) is 0 Å². The van der Waals surface area contributed by atoms with E-state index in [0.29, 0.717) is 0 Å². The van der Waals surface area contributed by atoms with Crippen LogP contribution in [0.15, 0.2) is 0 Å². The van der Waals surface area contributed by atoms with Crippen molar-refractivity contribution in [2.75, 3.05) is 19.6 Å². The second kappa shape index (κ2) is 6.33. The van der Waals surface area contributed by atoms with Crippen molar-refractivity contribution in [3.63, 3.8) is 0 Å². The molecule has 3 saturated heterocycles. The summed E-state index contributed by atoms with van der Waals surface area (Å²) in [5, 5.41) is 3.79. The van der Waals surface area contributed by atoms with Crippen LogP contribution in [0, 0.1) is 0 Å². The van der Waals surface area contributed by atoms with Crippen molar-refractivity contribution in [3.8, 4) is 0 Å². The minimum absolute atomic E-state index is 0.723. The third-order valence-corrected chi connectivity index (χ3v) is 5.98. The molecule has 20 heavy (non-hydrogen) atoms. The van der Waals surface area contributed by atoms with E-state index in [1.54, 1.807) is 0 Å². The Morgan fingerprint density at radius 3 is 2.10 bits per heavy atom. The molecule has 0 aromatic rings. The summed E-state index contributed by atoms with van der Waals surface area (Å²) >= 11 is 0. The lowest BCUT2D eigenvalue weighted by Gasteiger charge is -2.45. The molecule has 0 radical (unpaired) electrons. The first-order valence-corrected chi connectivity index (χ1v) is 8.93. The molecule has 3 heterocycles. The van der Waals surface area contributed by atoms with E-state index in [0.717, 1.165) is 30.2 Å². The van der Waals surface area contributed by atoms with Crippen LogP contribution in [0.3, 0.4) is 0 Å². The Morgan fingerprint density at radius 2 is 1.60 bits per heavy atom. The van der Waals surface area contributed by atoms with E-state index in [-0.39, 0.29) is 0 Å². The fourth-order valence-corrected chi connectivity index (χ4v) is 4.85. The van der Waals surface area contributed by atoms with E-state index in [1.807, 2.05) is 0 Å². The van der Waals surface area contributed by atoms with Crippen molar-refractivity contribution < 1.29 is 0 Å². The predicted octanol–water partition coefficient (Wildman–Crippen LogP) is 2.46. The van der Waals surface area contributed by atoms with Crippen LogP contribution in [0.4, 0.5) is 0 Å². The first-order valence-electron chi connectivity index (χ1n) is 8.93. The molecule has 0 amide bonds. The topological polar surface area (TPSA) is 18.5 Å². The Kier molecular flexibility index (Phi) is 4.68. The van der Waals surface area contributed by atoms with E-state index < -0.39 is 0 Å². The van der Waals surface area contributed by atoms with E-state index in [2.05, 4.69) is 35.9 Å². The van der Waals surface area contributed by atoms with Gasteiger partial charge in [-0.25, -0.2) is 0 Å². The van der Waals surface area contributed by atoms with Crippen molar-refractivity contribution in [1.82, 2.24) is 15.1 Å². The van der Waals surface area contributed by atoms with E-state index >= 15 is 0 Å². The zero-order valence-corrected chi connectivity index (χ0v) is 13.6. The molecule has 3 heteroatoms. The molecule has 2 unspecified atom stereocenters. The first-order chi connectivity index (χ1) is 9.67. The van der Waals surface area contributed by atoms with Crippen LogP contribution in [0.2, 0.25) is 0 Å². The fourth-order valence-electron chi connectivity index (χ4n) is 4.85. The average molecular weight is 279 g/mol. The Hall–Kier alpha value is -0.120. The summed E-state index contributed by atoms with van der Waals surface area (Å²) in [4.78, 5) is 5.51. The van der Waals surface area contributed by atoms with Crippen LogP contribution in [-0.4, -0.2) is 59.6 Å². The van der Waals surface area contributed by atoms with Gasteiger partial charge in [-0.3, -0.25) is 4.90 Å². The summed E-state index contributed by atoms with van der Waals surface area (Å²) in [6.45, 7) is 10.9. The Labute approximate surface area is 125 Å². The molecule has 0 aliphatic carbocycles. The van der Waals surface area contributed by atoms with Gasteiger partial charge in [-0.15, -0.1) is 0 Å². The van der Waals surface area contributed by atoms with E-state index in [1.165, 1.54) is 58.2 Å². The standard InChI is InChI=1S/C17H33N3/c1-4-20(16-7-9-19(10-8-16)13(2)3)17-11-14-5-6-15(12-17)18-14/h13-18H,4-12H2,1-3H3. The number of nitrogens with zero attached hydrogens (tertiary/aromatic N) is 2. The summed E-state index contributed by atoms with van der Waals surface area (Å²) in [5.74, 6) is 0.